The van der Waals surface area contributed by atoms with Crippen LogP contribution < -0.4 is 0 Å². The first-order valence-corrected chi connectivity index (χ1v) is 6.07. The molecule has 0 aliphatic heterocycles. The van der Waals surface area contributed by atoms with E-state index in [1.165, 1.54) is 0 Å². The van der Waals surface area contributed by atoms with Gasteiger partial charge in [0.25, 0.3) is 0 Å². The fourth-order valence-electron chi connectivity index (χ4n) is 0.884. The zero-order chi connectivity index (χ0) is 9.68. The van der Waals surface area contributed by atoms with Crippen molar-refractivity contribution in [2.75, 3.05) is 6.26 Å². The second-order valence-electron chi connectivity index (χ2n) is 2.55. The lowest BCUT2D eigenvalue weighted by atomic mass is 10.3. The Morgan fingerprint density at radius 1 is 1.77 bits per heavy atom. The largest absolute Gasteiger partial charge is 0.481 e. The Morgan fingerprint density at radius 2 is 2.54 bits per heavy atom. The number of aromatic nitrogens is 1. The standard InChI is InChI=1S/C8H11NO2S2/c1-12-5-7-9-4-6(13-7)2-3-8(10)11/h4H,2-3,5H2,1H3,(H,10,11). The van der Waals surface area contributed by atoms with Gasteiger partial charge in [0.2, 0.25) is 0 Å². The molecular weight excluding hydrogens is 206 g/mol. The van der Waals surface area contributed by atoms with Crippen LogP contribution in [0.2, 0.25) is 0 Å². The van der Waals surface area contributed by atoms with Gasteiger partial charge in [-0.3, -0.25) is 4.79 Å². The van der Waals surface area contributed by atoms with Crippen molar-refractivity contribution in [2.24, 2.45) is 0 Å². The molecule has 1 rings (SSSR count). The normalized spacial score (nSPS) is 10.2. The SMILES string of the molecule is CSCc1ncc(CCC(=O)O)s1. The Morgan fingerprint density at radius 3 is 3.15 bits per heavy atom. The van der Waals surface area contributed by atoms with E-state index in [1.54, 1.807) is 29.3 Å². The van der Waals surface area contributed by atoms with Gasteiger partial charge in [0, 0.05) is 16.8 Å². The van der Waals surface area contributed by atoms with E-state index in [0.29, 0.717) is 6.42 Å². The molecule has 0 fully saturated rings. The molecule has 1 aromatic heterocycles. The number of aliphatic carboxylic acids is 1. The number of carbonyl (C=O) groups is 1. The van der Waals surface area contributed by atoms with Gasteiger partial charge in [-0.25, -0.2) is 4.98 Å². The summed E-state index contributed by atoms with van der Waals surface area (Å²) in [7, 11) is 0. The summed E-state index contributed by atoms with van der Waals surface area (Å²) < 4.78 is 0. The van der Waals surface area contributed by atoms with Gasteiger partial charge < -0.3 is 5.11 Å². The molecule has 13 heavy (non-hydrogen) atoms. The highest BCUT2D eigenvalue weighted by Crippen LogP contribution is 2.18. The first kappa shape index (κ1) is 10.5. The number of nitrogens with zero attached hydrogens (tertiary/aromatic N) is 1. The third kappa shape index (κ3) is 3.78. The number of thioether (sulfide) groups is 1. The maximum Gasteiger partial charge on any atom is 0.303 e. The maximum absolute atomic E-state index is 10.3. The molecule has 0 saturated carbocycles. The lowest BCUT2D eigenvalue weighted by molar-refractivity contribution is -0.136. The van der Waals surface area contributed by atoms with Crippen LogP contribution in [0.4, 0.5) is 0 Å². The van der Waals surface area contributed by atoms with Crippen LogP contribution in [-0.2, 0) is 17.0 Å². The summed E-state index contributed by atoms with van der Waals surface area (Å²) in [5, 5.41) is 9.54. The van der Waals surface area contributed by atoms with Crippen molar-refractivity contribution in [2.45, 2.75) is 18.6 Å². The molecule has 0 unspecified atom stereocenters. The third-order valence-corrected chi connectivity index (χ3v) is 3.26. The van der Waals surface area contributed by atoms with E-state index in [-0.39, 0.29) is 6.42 Å². The number of thiazole rings is 1. The summed E-state index contributed by atoms with van der Waals surface area (Å²) >= 11 is 3.33. The quantitative estimate of drug-likeness (QED) is 0.819. The fourth-order valence-corrected chi connectivity index (χ4v) is 2.51. The van der Waals surface area contributed by atoms with Gasteiger partial charge in [-0.05, 0) is 12.7 Å². The van der Waals surface area contributed by atoms with Crippen molar-refractivity contribution in [1.82, 2.24) is 4.98 Å². The Kier molecular flexibility index (Phi) is 4.24. The van der Waals surface area contributed by atoms with E-state index < -0.39 is 5.97 Å². The molecule has 0 aromatic carbocycles. The summed E-state index contributed by atoms with van der Waals surface area (Å²) in [4.78, 5) is 15.5. The molecule has 0 aliphatic carbocycles. The van der Waals surface area contributed by atoms with Crippen LogP contribution in [0, 0.1) is 0 Å². The Balaban J connectivity index is 2.44. The van der Waals surface area contributed by atoms with Gasteiger partial charge in [0.05, 0.1) is 6.42 Å². The molecule has 72 valence electrons. The minimum Gasteiger partial charge on any atom is -0.481 e. The van der Waals surface area contributed by atoms with Crippen LogP contribution >= 0.6 is 23.1 Å². The van der Waals surface area contributed by atoms with Crippen molar-refractivity contribution in [3.05, 3.63) is 16.1 Å². The summed E-state index contributed by atoms with van der Waals surface area (Å²) in [6.45, 7) is 0. The van der Waals surface area contributed by atoms with Crippen LogP contribution in [0.5, 0.6) is 0 Å². The Hall–Kier alpha value is -0.550. The van der Waals surface area contributed by atoms with Gasteiger partial charge in [-0.2, -0.15) is 11.8 Å². The topological polar surface area (TPSA) is 50.2 Å². The van der Waals surface area contributed by atoms with E-state index in [2.05, 4.69) is 4.98 Å². The molecule has 0 bridgehead atoms. The van der Waals surface area contributed by atoms with E-state index in [4.69, 9.17) is 5.11 Å². The number of hydrogen-bond acceptors (Lipinski definition) is 4. The van der Waals surface area contributed by atoms with E-state index >= 15 is 0 Å². The van der Waals surface area contributed by atoms with Crippen molar-refractivity contribution >= 4 is 29.1 Å². The number of carboxylic acid groups (broad SMARTS) is 1. The molecule has 0 amide bonds. The highest BCUT2D eigenvalue weighted by Gasteiger charge is 2.03. The van der Waals surface area contributed by atoms with Crippen molar-refractivity contribution in [3.8, 4) is 0 Å². The minimum absolute atomic E-state index is 0.195. The van der Waals surface area contributed by atoms with Crippen LogP contribution in [0.1, 0.15) is 16.3 Å². The first-order chi connectivity index (χ1) is 6.22. The van der Waals surface area contributed by atoms with E-state index in [0.717, 1.165) is 15.6 Å². The average molecular weight is 217 g/mol. The first-order valence-electron chi connectivity index (χ1n) is 3.86. The van der Waals surface area contributed by atoms with Crippen LogP contribution in [0.25, 0.3) is 0 Å². The van der Waals surface area contributed by atoms with Crippen LogP contribution in [0.15, 0.2) is 6.20 Å². The van der Waals surface area contributed by atoms with Gasteiger partial charge in [0.15, 0.2) is 0 Å². The van der Waals surface area contributed by atoms with Gasteiger partial charge in [-0.15, -0.1) is 11.3 Å². The lowest BCUT2D eigenvalue weighted by Crippen LogP contribution is -1.95. The van der Waals surface area contributed by atoms with Crippen LogP contribution in [0.3, 0.4) is 0 Å². The molecule has 1 N–H and O–H groups in total. The maximum atomic E-state index is 10.3. The fraction of sp³-hybridized carbons (Fsp3) is 0.500. The number of hydrogen-bond donors (Lipinski definition) is 1. The highest BCUT2D eigenvalue weighted by atomic mass is 32.2. The summed E-state index contributed by atoms with van der Waals surface area (Å²) in [6, 6.07) is 0. The smallest absolute Gasteiger partial charge is 0.303 e. The molecule has 3 nitrogen and oxygen atoms in total. The molecule has 0 radical (unpaired) electrons. The molecule has 0 spiro atoms. The van der Waals surface area contributed by atoms with Gasteiger partial charge in [-0.1, -0.05) is 0 Å². The monoisotopic (exact) mass is 217 g/mol. The molecule has 0 saturated heterocycles. The number of rotatable bonds is 5. The predicted molar refractivity (Wildman–Crippen MR) is 55.3 cm³/mol. The summed E-state index contributed by atoms with van der Waals surface area (Å²) in [5.41, 5.74) is 0. The second-order valence-corrected chi connectivity index (χ2v) is 4.61. The molecular formula is C8H11NO2S2. The van der Waals surface area contributed by atoms with Crippen LogP contribution in [-0.4, -0.2) is 22.3 Å². The van der Waals surface area contributed by atoms with E-state index in [9.17, 15) is 4.79 Å². The van der Waals surface area contributed by atoms with E-state index in [1.807, 2.05) is 6.26 Å². The molecule has 0 atom stereocenters. The predicted octanol–water partition coefficient (Wildman–Crippen LogP) is 2.02. The minimum atomic E-state index is -0.750. The summed E-state index contributed by atoms with van der Waals surface area (Å²) in [6.07, 6.45) is 4.60. The number of carboxylic acids is 1. The molecule has 0 aliphatic rings. The third-order valence-electron chi connectivity index (χ3n) is 1.45. The summed E-state index contributed by atoms with van der Waals surface area (Å²) in [5.74, 6) is 0.164. The zero-order valence-electron chi connectivity index (χ0n) is 7.32. The second kappa shape index (κ2) is 5.24. The molecule has 5 heteroatoms. The van der Waals surface area contributed by atoms with Gasteiger partial charge >= 0.3 is 5.97 Å². The zero-order valence-corrected chi connectivity index (χ0v) is 8.95. The van der Waals surface area contributed by atoms with Crippen molar-refractivity contribution < 1.29 is 9.90 Å². The van der Waals surface area contributed by atoms with Gasteiger partial charge in [0.1, 0.15) is 5.01 Å². The average Bonchev–Trinajstić information content (AvgIpc) is 2.50. The van der Waals surface area contributed by atoms with Crippen molar-refractivity contribution in [3.63, 3.8) is 0 Å². The number of aryl methyl sites for hydroxylation is 1. The highest BCUT2D eigenvalue weighted by molar-refractivity contribution is 7.97. The van der Waals surface area contributed by atoms with Crippen molar-refractivity contribution in [1.29, 1.82) is 0 Å². The Bertz CT molecular complexity index is 285. The molecule has 1 heterocycles. The Labute approximate surface area is 85.2 Å². The lowest BCUT2D eigenvalue weighted by Gasteiger charge is -1.90. The molecule has 1 aromatic rings.